The number of unbranched alkanes of at least 4 members (excludes halogenated alkanes) is 4. The zero-order valence-electron chi connectivity index (χ0n) is 18.7. The molecule has 8 heteroatoms. The van der Waals surface area contributed by atoms with Crippen molar-refractivity contribution in [3.05, 3.63) is 60.3 Å². The molecule has 0 spiro atoms. The van der Waals surface area contributed by atoms with Crippen LogP contribution in [0.1, 0.15) is 44.0 Å². The Bertz CT molecular complexity index is 1110. The maximum atomic E-state index is 9.24. The second kappa shape index (κ2) is 11.4. The summed E-state index contributed by atoms with van der Waals surface area (Å²) in [5, 5.41) is 24.0. The predicted molar refractivity (Wildman–Crippen MR) is 129 cm³/mol. The zero-order chi connectivity index (χ0) is 23.0. The van der Waals surface area contributed by atoms with E-state index in [1.54, 1.807) is 23.8 Å². The van der Waals surface area contributed by atoms with E-state index < -0.39 is 6.29 Å². The lowest BCUT2D eigenvalue weighted by Gasteiger charge is -2.06. The minimum absolute atomic E-state index is 0.450. The van der Waals surface area contributed by atoms with E-state index in [0.29, 0.717) is 5.56 Å². The van der Waals surface area contributed by atoms with Crippen LogP contribution in [-0.2, 0) is 4.74 Å². The van der Waals surface area contributed by atoms with Crippen LogP contribution in [0.25, 0.3) is 26.8 Å². The molecule has 0 unspecified atom stereocenters. The fourth-order valence-corrected chi connectivity index (χ4v) is 4.43. The number of benzene rings is 2. The molecule has 2 aromatic heterocycles. The topological polar surface area (TPSA) is 89.1 Å². The molecule has 0 aliphatic rings. The van der Waals surface area contributed by atoms with Gasteiger partial charge in [0.2, 0.25) is 4.96 Å². The van der Waals surface area contributed by atoms with Crippen LogP contribution in [0, 0.1) is 0 Å². The first-order valence-electron chi connectivity index (χ1n) is 11.2. The third-order valence-corrected chi connectivity index (χ3v) is 6.38. The average Bonchev–Trinajstić information content (AvgIpc) is 3.41. The van der Waals surface area contributed by atoms with Gasteiger partial charge in [-0.05, 0) is 37.1 Å². The van der Waals surface area contributed by atoms with Gasteiger partial charge in [0.15, 0.2) is 6.29 Å². The third kappa shape index (κ3) is 6.17. The first-order valence-corrected chi connectivity index (χ1v) is 12.0. The van der Waals surface area contributed by atoms with Gasteiger partial charge in [-0.1, -0.05) is 54.9 Å². The van der Waals surface area contributed by atoms with E-state index >= 15 is 0 Å². The van der Waals surface area contributed by atoms with Crippen molar-refractivity contribution in [2.24, 2.45) is 0 Å². The van der Waals surface area contributed by atoms with Crippen LogP contribution in [0.2, 0.25) is 0 Å². The number of aliphatic hydroxyl groups is 2. The van der Waals surface area contributed by atoms with Crippen molar-refractivity contribution in [3.63, 3.8) is 0 Å². The minimum Gasteiger partial charge on any atom is -0.494 e. The van der Waals surface area contributed by atoms with Crippen molar-refractivity contribution in [3.8, 4) is 27.6 Å². The summed E-state index contributed by atoms with van der Waals surface area (Å²) < 4.78 is 12.7. The summed E-state index contributed by atoms with van der Waals surface area (Å²) in [4.78, 5) is 5.47. The van der Waals surface area contributed by atoms with E-state index in [9.17, 15) is 10.2 Å². The Hall–Kier alpha value is -2.78. The van der Waals surface area contributed by atoms with Crippen molar-refractivity contribution in [1.82, 2.24) is 14.6 Å². The Morgan fingerprint density at radius 3 is 2.21 bits per heavy atom. The fourth-order valence-electron chi connectivity index (χ4n) is 3.54. The van der Waals surface area contributed by atoms with Crippen LogP contribution in [-0.4, -0.2) is 45.1 Å². The Morgan fingerprint density at radius 1 is 0.879 bits per heavy atom. The molecule has 0 saturated carbocycles. The summed E-state index contributed by atoms with van der Waals surface area (Å²) in [7, 11) is 1.75. The van der Waals surface area contributed by atoms with Crippen LogP contribution in [0.4, 0.5) is 0 Å². The van der Waals surface area contributed by atoms with E-state index in [0.717, 1.165) is 58.6 Å². The Morgan fingerprint density at radius 2 is 1.55 bits per heavy atom. The smallest absolute Gasteiger partial charge is 0.213 e. The number of imidazole rings is 1. The van der Waals surface area contributed by atoms with Crippen molar-refractivity contribution < 1.29 is 19.7 Å². The summed E-state index contributed by atoms with van der Waals surface area (Å²) in [5.41, 5.74) is 3.17. The SMILES string of the molecule is COCCCCCCCOc1ccc(-c2nn3cc(-c4ccc(C(O)O)cc4)nc3s2)cc1. The van der Waals surface area contributed by atoms with E-state index in [-0.39, 0.29) is 0 Å². The molecular formula is C25H29N3O4S. The van der Waals surface area contributed by atoms with Gasteiger partial charge in [-0.25, -0.2) is 9.50 Å². The molecule has 2 N–H and O–H groups in total. The van der Waals surface area contributed by atoms with Crippen LogP contribution >= 0.6 is 11.3 Å². The maximum absolute atomic E-state index is 9.24. The highest BCUT2D eigenvalue weighted by Gasteiger charge is 2.12. The van der Waals surface area contributed by atoms with Crippen LogP contribution in [0.3, 0.4) is 0 Å². The zero-order valence-corrected chi connectivity index (χ0v) is 19.5. The van der Waals surface area contributed by atoms with Gasteiger partial charge in [0.05, 0.1) is 18.5 Å². The minimum atomic E-state index is -1.47. The van der Waals surface area contributed by atoms with E-state index in [1.807, 2.05) is 42.6 Å². The molecule has 0 aliphatic carbocycles. The molecule has 0 fully saturated rings. The number of methoxy groups -OCH3 is 1. The first kappa shape index (κ1) is 23.4. The van der Waals surface area contributed by atoms with Gasteiger partial charge in [-0.2, -0.15) is 5.10 Å². The highest BCUT2D eigenvalue weighted by molar-refractivity contribution is 7.19. The normalized spacial score (nSPS) is 11.5. The maximum Gasteiger partial charge on any atom is 0.213 e. The number of rotatable bonds is 12. The summed E-state index contributed by atoms with van der Waals surface area (Å²) in [6, 6.07) is 15.0. The largest absolute Gasteiger partial charge is 0.494 e. The number of hydrogen-bond donors (Lipinski definition) is 2. The first-order chi connectivity index (χ1) is 16.1. The molecule has 7 nitrogen and oxygen atoms in total. The lowest BCUT2D eigenvalue weighted by atomic mass is 10.1. The van der Waals surface area contributed by atoms with Crippen molar-refractivity contribution >= 4 is 16.3 Å². The predicted octanol–water partition coefficient (Wildman–Crippen LogP) is 5.08. The van der Waals surface area contributed by atoms with Crippen LogP contribution in [0.15, 0.2) is 54.7 Å². The lowest BCUT2D eigenvalue weighted by molar-refractivity contribution is -0.0424. The third-order valence-electron chi connectivity index (χ3n) is 5.41. The molecule has 0 amide bonds. The molecule has 174 valence electrons. The highest BCUT2D eigenvalue weighted by Crippen LogP contribution is 2.29. The van der Waals surface area contributed by atoms with Gasteiger partial charge in [-0.3, -0.25) is 0 Å². The summed E-state index contributed by atoms with van der Waals surface area (Å²) in [6.07, 6.45) is 6.20. The molecule has 0 radical (unpaired) electrons. The number of aliphatic hydroxyl groups excluding tert-OH is 1. The lowest BCUT2D eigenvalue weighted by Crippen LogP contribution is -1.97. The van der Waals surface area contributed by atoms with Gasteiger partial charge in [0.1, 0.15) is 10.8 Å². The second-order valence-corrected chi connectivity index (χ2v) is 8.85. The highest BCUT2D eigenvalue weighted by atomic mass is 32.1. The van der Waals surface area contributed by atoms with Gasteiger partial charge < -0.3 is 19.7 Å². The second-order valence-electron chi connectivity index (χ2n) is 7.89. The van der Waals surface area contributed by atoms with Crippen LogP contribution in [0.5, 0.6) is 5.75 Å². The Kier molecular flexibility index (Phi) is 8.06. The fraction of sp³-hybridized carbons (Fsp3) is 0.360. The molecule has 0 atom stereocenters. The van der Waals surface area contributed by atoms with E-state index in [1.165, 1.54) is 30.6 Å². The van der Waals surface area contributed by atoms with E-state index in [2.05, 4.69) is 10.1 Å². The molecular weight excluding hydrogens is 438 g/mol. The number of nitrogens with zero attached hydrogens (tertiary/aromatic N) is 3. The summed E-state index contributed by atoms with van der Waals surface area (Å²) >= 11 is 1.52. The molecule has 4 rings (SSSR count). The van der Waals surface area contributed by atoms with E-state index in [4.69, 9.17) is 9.47 Å². The van der Waals surface area contributed by atoms with Gasteiger partial charge in [0.25, 0.3) is 0 Å². The molecule has 2 heterocycles. The van der Waals surface area contributed by atoms with Crippen LogP contribution < -0.4 is 4.74 Å². The van der Waals surface area contributed by atoms with Crippen molar-refractivity contribution in [2.45, 2.75) is 38.4 Å². The Balaban J connectivity index is 1.31. The molecule has 0 saturated heterocycles. The number of hydrogen-bond acceptors (Lipinski definition) is 7. The summed E-state index contributed by atoms with van der Waals surface area (Å²) in [5.74, 6) is 0.873. The average molecular weight is 468 g/mol. The molecule has 4 aromatic rings. The quantitative estimate of drug-likeness (QED) is 0.223. The van der Waals surface area contributed by atoms with Crippen molar-refractivity contribution in [2.75, 3.05) is 20.3 Å². The molecule has 0 bridgehead atoms. The van der Waals surface area contributed by atoms with Gasteiger partial charge in [-0.15, -0.1) is 0 Å². The molecule has 2 aromatic carbocycles. The number of aromatic nitrogens is 3. The number of fused-ring (bicyclic) bond motifs is 1. The van der Waals surface area contributed by atoms with Gasteiger partial charge >= 0.3 is 0 Å². The number of ether oxygens (including phenoxy) is 2. The monoisotopic (exact) mass is 467 g/mol. The van der Waals surface area contributed by atoms with Gasteiger partial charge in [0, 0.05) is 30.4 Å². The van der Waals surface area contributed by atoms with Crippen molar-refractivity contribution in [1.29, 1.82) is 0 Å². The molecule has 33 heavy (non-hydrogen) atoms. The standard InChI is InChI=1S/C25H29N3O4S/c1-31-15-5-3-2-4-6-16-32-21-13-11-19(12-14-21)23-27-28-17-22(26-25(28)33-23)18-7-9-20(10-8-18)24(29)30/h7-14,17,24,29-30H,2-6,15-16H2,1H3. The summed E-state index contributed by atoms with van der Waals surface area (Å²) in [6.45, 7) is 1.58. The molecule has 0 aliphatic heterocycles. The Labute approximate surface area is 197 Å².